The van der Waals surface area contributed by atoms with Crippen LogP contribution in [0.3, 0.4) is 0 Å². The molecule has 1 amide bonds. The van der Waals surface area contributed by atoms with E-state index in [1.807, 2.05) is 91.9 Å². The van der Waals surface area contributed by atoms with E-state index in [0.717, 1.165) is 26.6 Å². The molecule has 1 atom stereocenters. The number of hydrogen-bond donors (Lipinski definition) is 0. The maximum absolute atomic E-state index is 14.2. The number of aryl methyl sites for hydroxylation is 1. The lowest BCUT2D eigenvalue weighted by atomic mass is 9.79. The molecule has 0 fully saturated rings. The van der Waals surface area contributed by atoms with Gasteiger partial charge in [-0.3, -0.25) is 4.79 Å². The summed E-state index contributed by atoms with van der Waals surface area (Å²) in [5.74, 6) is -0.286. The minimum Gasteiger partial charge on any atom is -0.497 e. The molecule has 0 radical (unpaired) electrons. The van der Waals surface area contributed by atoms with Gasteiger partial charge >= 0.3 is 0 Å². The molecule has 0 saturated carbocycles. The molecule has 4 aromatic rings. The Bertz CT molecular complexity index is 1560. The summed E-state index contributed by atoms with van der Waals surface area (Å²) < 4.78 is 34.3. The number of carbonyl (C=O) groups excluding carboxylic acids is 1. The molecule has 1 aliphatic rings. The molecule has 1 unspecified atom stereocenters. The van der Waals surface area contributed by atoms with Crippen LogP contribution in [-0.4, -0.2) is 32.3 Å². The molecular formula is C31H27NO4S. The topological polar surface area (TPSA) is 63.7 Å². The summed E-state index contributed by atoms with van der Waals surface area (Å²) in [6.45, 7) is 1.87. The molecule has 5 nitrogen and oxygen atoms in total. The van der Waals surface area contributed by atoms with Crippen LogP contribution in [0.4, 0.5) is 0 Å². The molecule has 0 aliphatic carbocycles. The van der Waals surface area contributed by atoms with E-state index in [0.29, 0.717) is 16.9 Å². The maximum Gasteiger partial charge on any atom is 0.268 e. The second-order valence-electron chi connectivity index (χ2n) is 9.00. The van der Waals surface area contributed by atoms with Gasteiger partial charge in [-0.05, 0) is 53.5 Å². The average molecular weight is 510 g/mol. The lowest BCUT2D eigenvalue weighted by Crippen LogP contribution is -2.44. The van der Waals surface area contributed by atoms with Crippen molar-refractivity contribution < 1.29 is 17.9 Å². The Kier molecular flexibility index (Phi) is 6.68. The largest absolute Gasteiger partial charge is 0.497 e. The summed E-state index contributed by atoms with van der Waals surface area (Å²) in [5.41, 5.74) is 4.51. The van der Waals surface area contributed by atoms with E-state index in [1.165, 1.54) is 0 Å². The minimum atomic E-state index is -4.11. The van der Waals surface area contributed by atoms with Gasteiger partial charge in [0.2, 0.25) is 0 Å². The number of rotatable bonds is 6. The number of ether oxygens (including phenoxy) is 1. The third-order valence-corrected chi connectivity index (χ3v) is 8.42. The van der Waals surface area contributed by atoms with Crippen molar-refractivity contribution in [3.63, 3.8) is 0 Å². The molecule has 37 heavy (non-hydrogen) atoms. The van der Waals surface area contributed by atoms with Crippen molar-refractivity contribution in [3.05, 3.63) is 131 Å². The quantitative estimate of drug-likeness (QED) is 0.323. The van der Waals surface area contributed by atoms with Gasteiger partial charge in [-0.2, -0.15) is 0 Å². The first-order chi connectivity index (χ1) is 17.9. The first kappa shape index (κ1) is 24.5. The first-order valence-corrected chi connectivity index (χ1v) is 13.5. The zero-order valence-electron chi connectivity index (χ0n) is 20.7. The lowest BCUT2D eigenvalue weighted by Gasteiger charge is -2.36. The molecule has 1 heterocycles. The monoisotopic (exact) mass is 509 g/mol. The Morgan fingerprint density at radius 3 is 2.03 bits per heavy atom. The highest BCUT2D eigenvalue weighted by molar-refractivity contribution is 7.89. The Labute approximate surface area is 217 Å². The molecule has 186 valence electrons. The van der Waals surface area contributed by atoms with Crippen LogP contribution in [0.15, 0.2) is 114 Å². The molecular weight excluding hydrogens is 482 g/mol. The van der Waals surface area contributed by atoms with Crippen LogP contribution < -0.4 is 4.74 Å². The van der Waals surface area contributed by atoms with Crippen LogP contribution in [-0.2, 0) is 14.8 Å². The normalized spacial score (nSPS) is 16.1. The number of nitrogens with zero attached hydrogens (tertiary/aromatic N) is 1. The maximum atomic E-state index is 14.2. The molecule has 0 spiro atoms. The van der Waals surface area contributed by atoms with Gasteiger partial charge in [0.15, 0.2) is 0 Å². The van der Waals surface area contributed by atoms with Crippen LogP contribution in [0.25, 0.3) is 11.1 Å². The predicted octanol–water partition coefficient (Wildman–Crippen LogP) is 5.93. The Morgan fingerprint density at radius 1 is 0.784 bits per heavy atom. The van der Waals surface area contributed by atoms with E-state index in [-0.39, 0.29) is 11.4 Å². The van der Waals surface area contributed by atoms with Gasteiger partial charge in [-0.15, -0.1) is 0 Å². The standard InChI is InChI=1S/C31H27NO4S/c1-22-16-18-27(19-17-22)37(34,35)32-21-28(25-14-9-15-26(20-25)36-2)29(23-10-5-3-6-11-23)30(31(32)33)24-12-7-4-8-13-24/h3-20,28H,21H2,1-2H3. The van der Waals surface area contributed by atoms with Gasteiger partial charge in [0, 0.05) is 12.5 Å². The van der Waals surface area contributed by atoms with Gasteiger partial charge in [-0.25, -0.2) is 12.7 Å². The molecule has 0 N–H and O–H groups in total. The average Bonchev–Trinajstić information content (AvgIpc) is 2.94. The molecule has 5 rings (SSSR count). The first-order valence-electron chi connectivity index (χ1n) is 12.0. The number of carbonyl (C=O) groups is 1. The van der Waals surface area contributed by atoms with E-state index in [9.17, 15) is 13.2 Å². The predicted molar refractivity (Wildman–Crippen MR) is 146 cm³/mol. The second-order valence-corrected chi connectivity index (χ2v) is 10.9. The fourth-order valence-corrected chi connectivity index (χ4v) is 6.17. The summed E-state index contributed by atoms with van der Waals surface area (Å²) in [6, 6.07) is 33.1. The molecule has 4 aromatic carbocycles. The number of amides is 1. The van der Waals surface area contributed by atoms with E-state index in [1.54, 1.807) is 31.4 Å². The molecule has 0 bridgehead atoms. The van der Waals surface area contributed by atoms with E-state index >= 15 is 0 Å². The highest BCUT2D eigenvalue weighted by atomic mass is 32.2. The summed E-state index contributed by atoms with van der Waals surface area (Å²) in [6.07, 6.45) is 0. The van der Waals surface area contributed by atoms with Crippen molar-refractivity contribution in [1.82, 2.24) is 4.31 Å². The van der Waals surface area contributed by atoms with Crippen molar-refractivity contribution in [1.29, 1.82) is 0 Å². The highest BCUT2D eigenvalue weighted by Gasteiger charge is 2.41. The van der Waals surface area contributed by atoms with Crippen molar-refractivity contribution in [2.45, 2.75) is 17.7 Å². The van der Waals surface area contributed by atoms with Gasteiger partial charge < -0.3 is 4.74 Å². The number of hydrogen-bond acceptors (Lipinski definition) is 4. The third-order valence-electron chi connectivity index (χ3n) is 6.66. The second kappa shape index (κ2) is 10.1. The minimum absolute atomic E-state index is 0.0250. The van der Waals surface area contributed by atoms with Gasteiger partial charge in [0.1, 0.15) is 5.75 Å². The van der Waals surface area contributed by atoms with Crippen LogP contribution >= 0.6 is 0 Å². The van der Waals surface area contributed by atoms with E-state index < -0.39 is 21.8 Å². The number of sulfonamides is 1. The lowest BCUT2D eigenvalue weighted by molar-refractivity contribution is -0.121. The van der Waals surface area contributed by atoms with Crippen LogP contribution in [0, 0.1) is 6.92 Å². The zero-order chi connectivity index (χ0) is 26.0. The van der Waals surface area contributed by atoms with E-state index in [4.69, 9.17) is 4.74 Å². The van der Waals surface area contributed by atoms with Gasteiger partial charge in [0.25, 0.3) is 15.9 Å². The zero-order valence-corrected chi connectivity index (χ0v) is 21.5. The molecule has 0 aromatic heterocycles. The smallest absolute Gasteiger partial charge is 0.268 e. The van der Waals surface area contributed by atoms with Crippen LogP contribution in [0.2, 0.25) is 0 Å². The van der Waals surface area contributed by atoms with Crippen molar-refractivity contribution in [2.75, 3.05) is 13.7 Å². The van der Waals surface area contributed by atoms with Crippen molar-refractivity contribution in [3.8, 4) is 5.75 Å². The Hall–Kier alpha value is -4.16. The summed E-state index contributed by atoms with van der Waals surface area (Å²) >= 11 is 0. The molecule has 1 aliphatic heterocycles. The van der Waals surface area contributed by atoms with Crippen LogP contribution in [0.5, 0.6) is 5.75 Å². The fraction of sp³-hybridized carbons (Fsp3) is 0.129. The number of methoxy groups -OCH3 is 1. The van der Waals surface area contributed by atoms with E-state index in [2.05, 4.69) is 0 Å². The highest BCUT2D eigenvalue weighted by Crippen LogP contribution is 2.45. The van der Waals surface area contributed by atoms with Crippen molar-refractivity contribution in [2.24, 2.45) is 0 Å². The third kappa shape index (κ3) is 4.68. The number of benzene rings is 4. The fourth-order valence-electron chi connectivity index (χ4n) is 4.78. The molecule has 6 heteroatoms. The van der Waals surface area contributed by atoms with Crippen LogP contribution in [0.1, 0.15) is 28.2 Å². The molecule has 0 saturated heterocycles. The Balaban J connectivity index is 1.79. The van der Waals surface area contributed by atoms with Gasteiger partial charge in [-0.1, -0.05) is 90.5 Å². The summed E-state index contributed by atoms with van der Waals surface area (Å²) in [5, 5.41) is 0. The van der Waals surface area contributed by atoms with Gasteiger partial charge in [0.05, 0.1) is 17.6 Å². The SMILES string of the molecule is COc1cccc(C2CN(S(=O)(=O)c3ccc(C)cc3)C(=O)C(c3ccccc3)=C2c2ccccc2)c1. The summed E-state index contributed by atoms with van der Waals surface area (Å²) in [7, 11) is -2.51. The summed E-state index contributed by atoms with van der Waals surface area (Å²) in [4.78, 5) is 14.3. The Morgan fingerprint density at radius 2 is 1.41 bits per heavy atom. The van der Waals surface area contributed by atoms with Crippen molar-refractivity contribution >= 4 is 27.1 Å².